The van der Waals surface area contributed by atoms with Crippen molar-refractivity contribution in [3.63, 3.8) is 0 Å². The second-order valence-corrected chi connectivity index (χ2v) is 5.28. The largest absolute Gasteiger partial charge is 0.487 e. The molecule has 3 rings (SSSR count). The van der Waals surface area contributed by atoms with E-state index in [-0.39, 0.29) is 24.3 Å². The Kier molecular flexibility index (Phi) is 4.45. The number of amides is 1. The molecule has 7 nitrogen and oxygen atoms in total. The number of carbonyl (C=O) groups excluding carboxylic acids is 1. The number of likely N-dealkylation sites (tertiary alicyclic amines) is 1. The summed E-state index contributed by atoms with van der Waals surface area (Å²) in [6.07, 6.45) is 2.34. The van der Waals surface area contributed by atoms with Gasteiger partial charge in [0, 0.05) is 32.0 Å². The summed E-state index contributed by atoms with van der Waals surface area (Å²) in [6.45, 7) is 1.11. The Morgan fingerprint density at radius 2 is 2.09 bits per heavy atom. The molecule has 2 aromatic rings. The normalized spacial score (nSPS) is 15.7. The van der Waals surface area contributed by atoms with Gasteiger partial charge in [-0.3, -0.25) is 4.79 Å². The third-order valence-electron chi connectivity index (χ3n) is 3.67. The van der Waals surface area contributed by atoms with Crippen LogP contribution in [0.1, 0.15) is 12.8 Å². The van der Waals surface area contributed by atoms with E-state index in [1.807, 2.05) is 0 Å². The smallest absolute Gasteiger partial charge is 0.244 e. The predicted molar refractivity (Wildman–Crippen MR) is 74.4 cm³/mol. The zero-order chi connectivity index (χ0) is 16.2. The summed E-state index contributed by atoms with van der Waals surface area (Å²) in [5.74, 6) is -1.41. The molecule has 1 aliphatic heterocycles. The SMILES string of the molecule is O=C(Cn1cnnn1)N1CCC(Oc2ccc(F)cc2F)CC1. The summed E-state index contributed by atoms with van der Waals surface area (Å²) < 4.78 is 33.4. The zero-order valence-corrected chi connectivity index (χ0v) is 12.2. The summed E-state index contributed by atoms with van der Waals surface area (Å²) in [5.41, 5.74) is 0. The van der Waals surface area contributed by atoms with E-state index in [0.29, 0.717) is 25.9 Å². The van der Waals surface area contributed by atoms with Gasteiger partial charge in [0.05, 0.1) is 0 Å². The molecule has 0 aliphatic carbocycles. The maximum Gasteiger partial charge on any atom is 0.244 e. The lowest BCUT2D eigenvalue weighted by Gasteiger charge is -2.32. The van der Waals surface area contributed by atoms with Gasteiger partial charge in [-0.2, -0.15) is 0 Å². The highest BCUT2D eigenvalue weighted by Crippen LogP contribution is 2.23. The summed E-state index contributed by atoms with van der Waals surface area (Å²) in [7, 11) is 0. The number of carbonyl (C=O) groups is 1. The van der Waals surface area contributed by atoms with Crippen LogP contribution in [0.2, 0.25) is 0 Å². The fourth-order valence-electron chi connectivity index (χ4n) is 2.46. The van der Waals surface area contributed by atoms with Crippen molar-refractivity contribution < 1.29 is 18.3 Å². The number of aromatic nitrogens is 4. The molecule has 9 heteroatoms. The van der Waals surface area contributed by atoms with Gasteiger partial charge in [0.1, 0.15) is 24.8 Å². The molecule has 0 atom stereocenters. The van der Waals surface area contributed by atoms with Gasteiger partial charge in [0.25, 0.3) is 0 Å². The van der Waals surface area contributed by atoms with Crippen molar-refractivity contribution in [1.82, 2.24) is 25.1 Å². The van der Waals surface area contributed by atoms with Crippen LogP contribution in [0.25, 0.3) is 0 Å². The second kappa shape index (κ2) is 6.67. The Labute approximate surface area is 130 Å². The monoisotopic (exact) mass is 323 g/mol. The number of tetrazole rings is 1. The molecule has 1 aromatic carbocycles. The molecular weight excluding hydrogens is 308 g/mol. The molecule has 2 heterocycles. The molecule has 0 bridgehead atoms. The molecular formula is C14H15F2N5O2. The average Bonchev–Trinajstić information content (AvgIpc) is 3.04. The van der Waals surface area contributed by atoms with Crippen LogP contribution in [0.3, 0.4) is 0 Å². The van der Waals surface area contributed by atoms with E-state index in [1.165, 1.54) is 17.1 Å². The average molecular weight is 323 g/mol. The number of ether oxygens (including phenoxy) is 1. The summed E-state index contributed by atoms with van der Waals surface area (Å²) in [5, 5.41) is 10.6. The number of halogens is 2. The van der Waals surface area contributed by atoms with Crippen LogP contribution < -0.4 is 4.74 Å². The Bertz CT molecular complexity index is 672. The van der Waals surface area contributed by atoms with E-state index >= 15 is 0 Å². The Hall–Kier alpha value is -2.58. The van der Waals surface area contributed by atoms with Crippen LogP contribution >= 0.6 is 0 Å². The van der Waals surface area contributed by atoms with Gasteiger partial charge in [0.2, 0.25) is 5.91 Å². The van der Waals surface area contributed by atoms with Gasteiger partial charge >= 0.3 is 0 Å². The van der Waals surface area contributed by atoms with Gasteiger partial charge in [-0.15, -0.1) is 5.10 Å². The number of nitrogens with zero attached hydrogens (tertiary/aromatic N) is 5. The van der Waals surface area contributed by atoms with E-state index < -0.39 is 11.6 Å². The molecule has 0 radical (unpaired) electrons. The van der Waals surface area contributed by atoms with Crippen molar-refractivity contribution in [3.05, 3.63) is 36.2 Å². The first-order chi connectivity index (χ1) is 11.1. The van der Waals surface area contributed by atoms with E-state index in [0.717, 1.165) is 12.1 Å². The van der Waals surface area contributed by atoms with Gasteiger partial charge in [-0.05, 0) is 22.6 Å². The third kappa shape index (κ3) is 3.79. The Morgan fingerprint density at radius 1 is 1.30 bits per heavy atom. The fraction of sp³-hybridized carbons (Fsp3) is 0.429. The summed E-state index contributed by atoms with van der Waals surface area (Å²) in [4.78, 5) is 13.8. The fourth-order valence-corrected chi connectivity index (χ4v) is 2.46. The highest BCUT2D eigenvalue weighted by Gasteiger charge is 2.25. The molecule has 122 valence electrons. The molecule has 1 amide bonds. The molecule has 0 unspecified atom stereocenters. The number of piperidine rings is 1. The predicted octanol–water partition coefficient (Wildman–Crippen LogP) is 1.02. The summed E-state index contributed by atoms with van der Waals surface area (Å²) in [6, 6.07) is 3.23. The Morgan fingerprint density at radius 3 is 2.74 bits per heavy atom. The van der Waals surface area contributed by atoms with Gasteiger partial charge in [0.15, 0.2) is 11.6 Å². The molecule has 0 spiro atoms. The third-order valence-corrected chi connectivity index (χ3v) is 3.67. The van der Waals surface area contributed by atoms with Gasteiger partial charge in [-0.25, -0.2) is 13.5 Å². The minimum absolute atomic E-state index is 0.0323. The minimum Gasteiger partial charge on any atom is -0.487 e. The lowest BCUT2D eigenvalue weighted by Crippen LogP contribution is -2.43. The number of hydrogen-bond donors (Lipinski definition) is 0. The highest BCUT2D eigenvalue weighted by atomic mass is 19.1. The first-order valence-electron chi connectivity index (χ1n) is 7.22. The van der Waals surface area contributed by atoms with Crippen molar-refractivity contribution in [1.29, 1.82) is 0 Å². The number of benzene rings is 1. The topological polar surface area (TPSA) is 73.1 Å². The molecule has 1 fully saturated rings. The zero-order valence-electron chi connectivity index (χ0n) is 12.2. The van der Waals surface area contributed by atoms with Crippen molar-refractivity contribution >= 4 is 5.91 Å². The Balaban J connectivity index is 1.51. The first kappa shape index (κ1) is 15.3. The summed E-state index contributed by atoms with van der Waals surface area (Å²) >= 11 is 0. The van der Waals surface area contributed by atoms with Crippen LogP contribution in [0, 0.1) is 11.6 Å². The molecule has 23 heavy (non-hydrogen) atoms. The van der Waals surface area contributed by atoms with Gasteiger partial charge < -0.3 is 9.64 Å². The van der Waals surface area contributed by atoms with Crippen molar-refractivity contribution in [2.24, 2.45) is 0 Å². The quantitative estimate of drug-likeness (QED) is 0.840. The maximum atomic E-state index is 13.6. The number of rotatable bonds is 4. The van der Waals surface area contributed by atoms with Crippen LogP contribution in [-0.4, -0.2) is 50.2 Å². The van der Waals surface area contributed by atoms with E-state index in [2.05, 4.69) is 15.5 Å². The molecule has 1 aromatic heterocycles. The van der Waals surface area contributed by atoms with E-state index in [9.17, 15) is 13.6 Å². The molecule has 1 aliphatic rings. The lowest BCUT2D eigenvalue weighted by molar-refractivity contribution is -0.133. The molecule has 1 saturated heterocycles. The lowest BCUT2D eigenvalue weighted by atomic mass is 10.1. The molecule has 0 N–H and O–H groups in total. The van der Waals surface area contributed by atoms with Crippen LogP contribution in [0.15, 0.2) is 24.5 Å². The highest BCUT2D eigenvalue weighted by molar-refractivity contribution is 5.75. The van der Waals surface area contributed by atoms with Crippen molar-refractivity contribution in [2.75, 3.05) is 13.1 Å². The van der Waals surface area contributed by atoms with Crippen molar-refractivity contribution in [2.45, 2.75) is 25.5 Å². The van der Waals surface area contributed by atoms with Crippen LogP contribution in [0.5, 0.6) is 5.75 Å². The molecule has 0 saturated carbocycles. The minimum atomic E-state index is -0.720. The first-order valence-corrected chi connectivity index (χ1v) is 7.22. The van der Waals surface area contributed by atoms with E-state index in [4.69, 9.17) is 4.74 Å². The standard InChI is InChI=1S/C14H15F2N5O2/c15-10-1-2-13(12(16)7-10)23-11-3-5-20(6-4-11)14(22)8-21-9-17-18-19-21/h1-2,7,9,11H,3-6,8H2. The van der Waals surface area contributed by atoms with Crippen LogP contribution in [-0.2, 0) is 11.3 Å². The maximum absolute atomic E-state index is 13.6. The van der Waals surface area contributed by atoms with Crippen LogP contribution in [0.4, 0.5) is 8.78 Å². The van der Waals surface area contributed by atoms with Gasteiger partial charge in [-0.1, -0.05) is 0 Å². The number of hydrogen-bond acceptors (Lipinski definition) is 5. The second-order valence-electron chi connectivity index (χ2n) is 5.28. The van der Waals surface area contributed by atoms with E-state index in [1.54, 1.807) is 4.90 Å². The van der Waals surface area contributed by atoms with Crippen molar-refractivity contribution in [3.8, 4) is 5.75 Å².